The standard InChI is InChI=1S/C26H31N3O4/c1-28-12-7-10-21(28)22(29-13-11-18-8-5-6-9-19(18)17-29)16-27-26(30)20-14-23(31-2)25(33-4)24(15-20)32-3/h5-10,12,14-15,22H,11,13,16-17H2,1-4H3,(H,27,30). The van der Waals surface area contributed by atoms with E-state index < -0.39 is 0 Å². The molecule has 1 unspecified atom stereocenters. The molecule has 1 N–H and O–H groups in total. The van der Waals surface area contributed by atoms with Crippen molar-refractivity contribution in [2.45, 2.75) is 19.0 Å². The van der Waals surface area contributed by atoms with E-state index in [4.69, 9.17) is 14.2 Å². The van der Waals surface area contributed by atoms with Crippen molar-refractivity contribution in [3.8, 4) is 17.2 Å². The van der Waals surface area contributed by atoms with E-state index in [0.29, 0.717) is 29.4 Å². The van der Waals surface area contributed by atoms with E-state index >= 15 is 0 Å². The predicted molar refractivity (Wildman–Crippen MR) is 127 cm³/mol. The normalized spacial score (nSPS) is 14.3. The van der Waals surface area contributed by atoms with Gasteiger partial charge in [-0.1, -0.05) is 24.3 Å². The van der Waals surface area contributed by atoms with Crippen molar-refractivity contribution in [1.82, 2.24) is 14.8 Å². The van der Waals surface area contributed by atoms with Crippen LogP contribution in [0.3, 0.4) is 0 Å². The van der Waals surface area contributed by atoms with Crippen LogP contribution in [0, 0.1) is 0 Å². The van der Waals surface area contributed by atoms with Gasteiger partial charge in [-0.2, -0.15) is 0 Å². The third-order valence-electron chi connectivity index (χ3n) is 6.31. The summed E-state index contributed by atoms with van der Waals surface area (Å²) < 4.78 is 18.3. The van der Waals surface area contributed by atoms with Crippen LogP contribution in [0.25, 0.3) is 0 Å². The van der Waals surface area contributed by atoms with Gasteiger partial charge in [0.05, 0.1) is 27.4 Å². The van der Waals surface area contributed by atoms with Crippen LogP contribution in [0.2, 0.25) is 0 Å². The molecule has 1 aromatic heterocycles. The molecule has 2 aromatic carbocycles. The maximum absolute atomic E-state index is 13.1. The van der Waals surface area contributed by atoms with E-state index in [1.807, 2.05) is 19.3 Å². The number of benzene rings is 2. The van der Waals surface area contributed by atoms with E-state index in [0.717, 1.165) is 19.5 Å². The summed E-state index contributed by atoms with van der Waals surface area (Å²) in [4.78, 5) is 15.6. The van der Waals surface area contributed by atoms with Gasteiger partial charge in [0.1, 0.15) is 0 Å². The van der Waals surface area contributed by atoms with Crippen LogP contribution in [0.1, 0.15) is 33.2 Å². The quantitative estimate of drug-likeness (QED) is 0.570. The third-order valence-corrected chi connectivity index (χ3v) is 6.31. The van der Waals surface area contributed by atoms with Crippen LogP contribution in [-0.4, -0.2) is 49.8 Å². The number of carbonyl (C=O) groups is 1. The Morgan fingerprint density at radius 1 is 1.00 bits per heavy atom. The fourth-order valence-electron chi connectivity index (χ4n) is 4.53. The number of ether oxygens (including phenoxy) is 3. The van der Waals surface area contributed by atoms with Gasteiger partial charge in [0, 0.05) is 44.1 Å². The van der Waals surface area contributed by atoms with Crippen molar-refractivity contribution < 1.29 is 19.0 Å². The molecule has 1 amide bonds. The summed E-state index contributed by atoms with van der Waals surface area (Å²) in [5.41, 5.74) is 4.37. The van der Waals surface area contributed by atoms with Crippen molar-refractivity contribution in [3.05, 3.63) is 77.1 Å². The summed E-state index contributed by atoms with van der Waals surface area (Å²) >= 11 is 0. The zero-order valence-electron chi connectivity index (χ0n) is 19.6. The molecule has 1 aliphatic rings. The van der Waals surface area contributed by atoms with E-state index in [-0.39, 0.29) is 11.9 Å². The van der Waals surface area contributed by atoms with Gasteiger partial charge in [0.25, 0.3) is 5.91 Å². The molecule has 0 saturated heterocycles. The molecule has 7 heteroatoms. The van der Waals surface area contributed by atoms with Gasteiger partial charge in [-0.15, -0.1) is 0 Å². The van der Waals surface area contributed by atoms with E-state index in [2.05, 4.69) is 45.1 Å². The first-order valence-electron chi connectivity index (χ1n) is 11.1. The average molecular weight is 450 g/mol. The number of hydrogen-bond donors (Lipinski definition) is 1. The fourth-order valence-corrected chi connectivity index (χ4v) is 4.53. The molecule has 174 valence electrons. The van der Waals surface area contributed by atoms with Crippen LogP contribution in [0.15, 0.2) is 54.7 Å². The highest BCUT2D eigenvalue weighted by Crippen LogP contribution is 2.38. The third kappa shape index (κ3) is 4.68. The van der Waals surface area contributed by atoms with Crippen LogP contribution in [0.5, 0.6) is 17.2 Å². The van der Waals surface area contributed by atoms with E-state index in [9.17, 15) is 4.79 Å². The molecule has 4 rings (SSSR count). The van der Waals surface area contributed by atoms with Gasteiger partial charge in [0.2, 0.25) is 5.75 Å². The smallest absolute Gasteiger partial charge is 0.251 e. The number of carbonyl (C=O) groups excluding carboxylic acids is 1. The molecule has 7 nitrogen and oxygen atoms in total. The lowest BCUT2D eigenvalue weighted by Crippen LogP contribution is -2.41. The van der Waals surface area contributed by atoms with Gasteiger partial charge in [-0.3, -0.25) is 9.69 Å². The second-order valence-electron chi connectivity index (χ2n) is 8.17. The Balaban J connectivity index is 1.56. The number of rotatable bonds is 8. The maximum Gasteiger partial charge on any atom is 0.251 e. The van der Waals surface area contributed by atoms with Gasteiger partial charge < -0.3 is 24.1 Å². The van der Waals surface area contributed by atoms with Gasteiger partial charge in [-0.05, 0) is 41.8 Å². The summed E-state index contributed by atoms with van der Waals surface area (Å²) in [5.74, 6) is 1.18. The van der Waals surface area contributed by atoms with Crippen LogP contribution >= 0.6 is 0 Å². The first-order chi connectivity index (χ1) is 16.0. The summed E-state index contributed by atoms with van der Waals surface area (Å²) in [6.45, 7) is 2.27. The summed E-state index contributed by atoms with van der Waals surface area (Å²) in [5, 5.41) is 3.13. The zero-order valence-corrected chi connectivity index (χ0v) is 19.6. The minimum Gasteiger partial charge on any atom is -0.493 e. The monoisotopic (exact) mass is 449 g/mol. The number of hydrogen-bond acceptors (Lipinski definition) is 5. The van der Waals surface area contributed by atoms with Crippen LogP contribution in [-0.2, 0) is 20.0 Å². The van der Waals surface area contributed by atoms with E-state index in [1.165, 1.54) is 16.8 Å². The fraction of sp³-hybridized carbons (Fsp3) is 0.346. The minimum absolute atomic E-state index is 0.0457. The minimum atomic E-state index is -0.189. The van der Waals surface area contributed by atoms with Gasteiger partial charge in [0.15, 0.2) is 11.5 Å². The Labute approximate surface area is 194 Å². The van der Waals surface area contributed by atoms with Crippen LogP contribution < -0.4 is 19.5 Å². The highest BCUT2D eigenvalue weighted by atomic mass is 16.5. The van der Waals surface area contributed by atoms with Crippen LogP contribution in [0.4, 0.5) is 0 Å². The van der Waals surface area contributed by atoms with Gasteiger partial charge in [-0.25, -0.2) is 0 Å². The van der Waals surface area contributed by atoms with Crippen molar-refractivity contribution in [1.29, 1.82) is 0 Å². The number of aromatic nitrogens is 1. The van der Waals surface area contributed by atoms with Crippen molar-refractivity contribution >= 4 is 5.91 Å². The maximum atomic E-state index is 13.1. The van der Waals surface area contributed by atoms with Crippen molar-refractivity contribution in [2.75, 3.05) is 34.4 Å². The number of nitrogens with zero attached hydrogens (tertiary/aromatic N) is 2. The molecule has 0 spiro atoms. The second-order valence-corrected chi connectivity index (χ2v) is 8.17. The molecule has 2 heterocycles. The molecule has 0 aliphatic carbocycles. The van der Waals surface area contributed by atoms with Gasteiger partial charge >= 0.3 is 0 Å². The summed E-state index contributed by atoms with van der Waals surface area (Å²) in [6, 6.07) is 16.1. The molecular weight excluding hydrogens is 418 g/mol. The molecule has 0 bridgehead atoms. The summed E-state index contributed by atoms with van der Waals surface area (Å²) in [7, 11) is 6.67. The molecule has 0 saturated carbocycles. The zero-order chi connectivity index (χ0) is 23.4. The number of fused-ring (bicyclic) bond motifs is 1. The lowest BCUT2D eigenvalue weighted by atomic mass is 9.97. The number of amides is 1. The molecular formula is C26H31N3O4. The Morgan fingerprint density at radius 2 is 1.70 bits per heavy atom. The molecule has 1 aliphatic heterocycles. The Bertz CT molecular complexity index is 1100. The molecule has 0 radical (unpaired) electrons. The largest absolute Gasteiger partial charge is 0.493 e. The topological polar surface area (TPSA) is 65.0 Å². The molecule has 33 heavy (non-hydrogen) atoms. The van der Waals surface area contributed by atoms with Crippen molar-refractivity contribution in [3.63, 3.8) is 0 Å². The highest BCUT2D eigenvalue weighted by Gasteiger charge is 2.27. The van der Waals surface area contributed by atoms with Crippen molar-refractivity contribution in [2.24, 2.45) is 7.05 Å². The molecule has 3 aromatic rings. The molecule has 0 fully saturated rings. The Morgan fingerprint density at radius 3 is 2.30 bits per heavy atom. The first kappa shape index (κ1) is 22.7. The highest BCUT2D eigenvalue weighted by molar-refractivity contribution is 5.95. The first-order valence-corrected chi connectivity index (χ1v) is 11.1. The number of nitrogens with one attached hydrogen (secondary N) is 1. The Kier molecular flexibility index (Phi) is 6.89. The van der Waals surface area contributed by atoms with E-state index in [1.54, 1.807) is 33.5 Å². The Hall–Kier alpha value is -3.45. The predicted octanol–water partition coefficient (Wildman–Crippen LogP) is 3.58. The second kappa shape index (κ2) is 10.0. The number of aryl methyl sites for hydroxylation is 1. The lowest BCUT2D eigenvalue weighted by Gasteiger charge is -2.36. The SMILES string of the molecule is COc1cc(C(=O)NCC(c2cccn2C)N2CCc3ccccc3C2)cc(OC)c1OC. The summed E-state index contributed by atoms with van der Waals surface area (Å²) in [6.07, 6.45) is 3.04. The number of methoxy groups -OCH3 is 3. The molecule has 1 atom stereocenters. The average Bonchev–Trinajstić information content (AvgIpc) is 3.28. The lowest BCUT2D eigenvalue weighted by molar-refractivity contribution is 0.0924.